The van der Waals surface area contributed by atoms with Crippen molar-refractivity contribution in [1.82, 2.24) is 14.9 Å². The van der Waals surface area contributed by atoms with Gasteiger partial charge in [-0.1, -0.05) is 18.2 Å². The normalized spacial score (nSPS) is 11.4. The summed E-state index contributed by atoms with van der Waals surface area (Å²) < 4.78 is 25.9. The minimum atomic E-state index is -3.75. The number of H-pyrrole nitrogens is 1. The highest BCUT2D eigenvalue weighted by molar-refractivity contribution is 7.89. The first kappa shape index (κ1) is 13.2. The highest BCUT2D eigenvalue weighted by Gasteiger charge is 2.18. The Morgan fingerprint density at radius 2 is 2.05 bits per heavy atom. The van der Waals surface area contributed by atoms with E-state index in [-0.39, 0.29) is 22.8 Å². The van der Waals surface area contributed by atoms with Crippen molar-refractivity contribution in [1.29, 1.82) is 0 Å². The number of nitro benzene ring substituents is 1. The van der Waals surface area contributed by atoms with Crippen LogP contribution in [0.2, 0.25) is 0 Å². The van der Waals surface area contributed by atoms with Crippen molar-refractivity contribution in [3.05, 3.63) is 52.2 Å². The largest absolute Gasteiger partial charge is 0.273 e. The summed E-state index contributed by atoms with van der Waals surface area (Å²) in [5.41, 5.74) is 0.158. The second-order valence-corrected chi connectivity index (χ2v) is 5.37. The van der Waals surface area contributed by atoms with E-state index < -0.39 is 14.9 Å². The number of hydrogen-bond acceptors (Lipinski definition) is 5. The molecule has 0 aliphatic heterocycles. The van der Waals surface area contributed by atoms with Gasteiger partial charge in [-0.2, -0.15) is 5.10 Å². The third-order valence-corrected chi connectivity index (χ3v) is 3.74. The van der Waals surface area contributed by atoms with E-state index in [4.69, 9.17) is 0 Å². The number of sulfonamides is 1. The maximum Gasteiger partial charge on any atom is 0.273 e. The van der Waals surface area contributed by atoms with Gasteiger partial charge < -0.3 is 0 Å². The van der Waals surface area contributed by atoms with Crippen LogP contribution in [-0.2, 0) is 16.6 Å². The Balaban J connectivity index is 2.18. The second-order valence-electron chi connectivity index (χ2n) is 3.63. The molecule has 1 heterocycles. The third kappa shape index (κ3) is 2.95. The van der Waals surface area contributed by atoms with Crippen LogP contribution in [0.3, 0.4) is 0 Å². The second kappa shape index (κ2) is 5.16. The maximum atomic E-state index is 11.8. The van der Waals surface area contributed by atoms with E-state index in [1.54, 1.807) is 6.07 Å². The Bertz CT molecular complexity index is 681. The highest BCUT2D eigenvalue weighted by atomic mass is 32.2. The molecular formula is C10H10N4O4S. The van der Waals surface area contributed by atoms with Crippen LogP contribution >= 0.6 is 0 Å². The predicted molar refractivity (Wildman–Crippen MR) is 65.7 cm³/mol. The van der Waals surface area contributed by atoms with Gasteiger partial charge in [-0.15, -0.1) is 0 Å². The molecule has 0 fully saturated rings. The van der Waals surface area contributed by atoms with Crippen molar-refractivity contribution in [3.8, 4) is 0 Å². The topological polar surface area (TPSA) is 118 Å². The fourth-order valence-corrected chi connectivity index (χ4v) is 2.40. The molecule has 19 heavy (non-hydrogen) atoms. The monoisotopic (exact) mass is 282 g/mol. The Morgan fingerprint density at radius 1 is 1.32 bits per heavy atom. The van der Waals surface area contributed by atoms with Gasteiger partial charge in [-0.3, -0.25) is 15.2 Å². The molecule has 1 aromatic carbocycles. The first-order valence-electron chi connectivity index (χ1n) is 5.22. The van der Waals surface area contributed by atoms with Crippen LogP contribution in [0.4, 0.5) is 5.69 Å². The smallest absolute Gasteiger partial charge is 0.266 e. The predicted octanol–water partition coefficient (Wildman–Crippen LogP) is 0.796. The zero-order valence-electron chi connectivity index (χ0n) is 9.61. The van der Waals surface area contributed by atoms with Crippen LogP contribution in [0.15, 0.2) is 41.6 Å². The number of para-hydroxylation sites is 1. The molecule has 0 aliphatic rings. The summed E-state index contributed by atoms with van der Waals surface area (Å²) in [5, 5.41) is 16.5. The van der Waals surface area contributed by atoms with Gasteiger partial charge in [0.1, 0.15) is 0 Å². The Hall–Kier alpha value is -2.26. The molecule has 0 bridgehead atoms. The minimum absolute atomic E-state index is 0.0916. The van der Waals surface area contributed by atoms with Crippen molar-refractivity contribution in [3.63, 3.8) is 0 Å². The van der Waals surface area contributed by atoms with Gasteiger partial charge in [0.25, 0.3) is 15.7 Å². The van der Waals surface area contributed by atoms with Gasteiger partial charge in [0, 0.05) is 18.2 Å². The van der Waals surface area contributed by atoms with Crippen LogP contribution in [0.5, 0.6) is 0 Å². The van der Waals surface area contributed by atoms with E-state index in [0.29, 0.717) is 0 Å². The number of aromatic amines is 1. The Kier molecular flexibility index (Phi) is 3.58. The van der Waals surface area contributed by atoms with Gasteiger partial charge in [0.2, 0.25) is 0 Å². The first-order chi connectivity index (χ1) is 9.00. The third-order valence-electron chi connectivity index (χ3n) is 2.41. The summed E-state index contributed by atoms with van der Waals surface area (Å²) >= 11 is 0. The van der Waals surface area contributed by atoms with Gasteiger partial charge in [-0.05, 0) is 6.07 Å². The molecule has 0 saturated carbocycles. The van der Waals surface area contributed by atoms with Gasteiger partial charge in [0.05, 0.1) is 11.1 Å². The van der Waals surface area contributed by atoms with E-state index in [1.165, 1.54) is 30.5 Å². The molecule has 0 unspecified atom stereocenters. The van der Waals surface area contributed by atoms with Crippen LogP contribution in [-0.4, -0.2) is 23.5 Å². The van der Waals surface area contributed by atoms with E-state index >= 15 is 0 Å². The van der Waals surface area contributed by atoms with Crippen molar-refractivity contribution in [2.45, 2.75) is 11.6 Å². The summed E-state index contributed by atoms with van der Waals surface area (Å²) in [6, 6.07) is 7.23. The number of aromatic nitrogens is 2. The molecule has 2 aromatic rings. The lowest BCUT2D eigenvalue weighted by atomic mass is 10.2. The number of rotatable bonds is 5. The lowest BCUT2D eigenvalue weighted by Crippen LogP contribution is -2.24. The van der Waals surface area contributed by atoms with Gasteiger partial charge in [-0.25, -0.2) is 13.1 Å². The SMILES string of the molecule is O=[N+]([O-])c1ccccc1CNS(=O)(=O)c1ccn[nH]1. The molecule has 0 aliphatic carbocycles. The molecule has 0 atom stereocenters. The van der Waals surface area contributed by atoms with E-state index in [0.717, 1.165) is 0 Å². The van der Waals surface area contributed by atoms with Crippen LogP contribution < -0.4 is 4.72 Å². The molecule has 100 valence electrons. The first-order valence-corrected chi connectivity index (χ1v) is 6.70. The fourth-order valence-electron chi connectivity index (χ4n) is 1.48. The zero-order valence-corrected chi connectivity index (χ0v) is 10.4. The van der Waals surface area contributed by atoms with Crippen molar-refractivity contribution < 1.29 is 13.3 Å². The number of benzene rings is 1. The molecule has 2 N–H and O–H groups in total. The van der Waals surface area contributed by atoms with Crippen LogP contribution in [0.25, 0.3) is 0 Å². The fraction of sp³-hybridized carbons (Fsp3) is 0.100. The molecule has 1 aromatic heterocycles. The van der Waals surface area contributed by atoms with Gasteiger partial charge in [0.15, 0.2) is 5.03 Å². The molecule has 8 nitrogen and oxygen atoms in total. The van der Waals surface area contributed by atoms with E-state index in [9.17, 15) is 18.5 Å². The molecule has 0 amide bonds. The Morgan fingerprint density at radius 3 is 2.68 bits per heavy atom. The standard InChI is InChI=1S/C10H10N4O4S/c15-14(16)9-4-2-1-3-8(9)7-12-19(17,18)10-5-6-11-13-10/h1-6,12H,7H2,(H,11,13). The summed E-state index contributed by atoms with van der Waals surface area (Å²) in [5.74, 6) is 0. The van der Waals surface area contributed by atoms with Crippen LogP contribution in [0.1, 0.15) is 5.56 Å². The van der Waals surface area contributed by atoms with E-state index in [2.05, 4.69) is 14.9 Å². The summed E-state index contributed by atoms with van der Waals surface area (Å²) in [6.07, 6.45) is 1.31. The number of nitro groups is 1. The molecule has 9 heteroatoms. The number of nitrogens with one attached hydrogen (secondary N) is 2. The molecule has 2 rings (SSSR count). The number of hydrogen-bond donors (Lipinski definition) is 2. The minimum Gasteiger partial charge on any atom is -0.266 e. The molecular weight excluding hydrogens is 272 g/mol. The molecule has 0 radical (unpaired) electrons. The summed E-state index contributed by atoms with van der Waals surface area (Å²) in [7, 11) is -3.75. The average Bonchev–Trinajstić information content (AvgIpc) is 2.91. The van der Waals surface area contributed by atoms with E-state index in [1.807, 2.05) is 0 Å². The number of nitrogens with zero attached hydrogens (tertiary/aromatic N) is 2. The summed E-state index contributed by atoms with van der Waals surface area (Å²) in [6.45, 7) is -0.168. The van der Waals surface area contributed by atoms with Gasteiger partial charge >= 0.3 is 0 Å². The Labute approximate surface area is 108 Å². The lowest BCUT2D eigenvalue weighted by Gasteiger charge is -2.05. The quantitative estimate of drug-likeness (QED) is 0.621. The molecule has 0 spiro atoms. The van der Waals surface area contributed by atoms with Crippen molar-refractivity contribution in [2.24, 2.45) is 0 Å². The van der Waals surface area contributed by atoms with Crippen molar-refractivity contribution >= 4 is 15.7 Å². The zero-order chi connectivity index (χ0) is 13.9. The highest BCUT2D eigenvalue weighted by Crippen LogP contribution is 2.17. The van der Waals surface area contributed by atoms with Crippen LogP contribution in [0, 0.1) is 10.1 Å². The summed E-state index contributed by atoms with van der Waals surface area (Å²) in [4.78, 5) is 10.2. The molecule has 0 saturated heterocycles. The maximum absolute atomic E-state index is 11.8. The average molecular weight is 282 g/mol. The lowest BCUT2D eigenvalue weighted by molar-refractivity contribution is -0.385. The van der Waals surface area contributed by atoms with Crippen molar-refractivity contribution in [2.75, 3.05) is 0 Å².